The number of aryl methyl sites for hydroxylation is 1. The Morgan fingerprint density at radius 2 is 1.64 bits per heavy atom. The van der Waals surface area contributed by atoms with Gasteiger partial charge in [0.15, 0.2) is 0 Å². The Bertz CT molecular complexity index is 1310. The summed E-state index contributed by atoms with van der Waals surface area (Å²) in [6, 6.07) is 4.01. The molecule has 2 heterocycles. The largest absolute Gasteiger partial charge is 0.377 e. The molecule has 2 aliphatic rings. The van der Waals surface area contributed by atoms with Gasteiger partial charge in [0.2, 0.25) is 10.0 Å². The minimum absolute atomic E-state index is 0.160. The second kappa shape index (κ2) is 9.45. The maximum absolute atomic E-state index is 15.4. The molecule has 2 unspecified atom stereocenters. The number of benzene rings is 2. The first-order chi connectivity index (χ1) is 16.8. The van der Waals surface area contributed by atoms with E-state index >= 15 is 8.78 Å². The number of morpholine rings is 1. The highest BCUT2D eigenvalue weighted by Gasteiger charge is 2.53. The van der Waals surface area contributed by atoms with Crippen LogP contribution in [0.25, 0.3) is 0 Å². The summed E-state index contributed by atoms with van der Waals surface area (Å²) in [5.74, 6) is -8.81. The van der Waals surface area contributed by atoms with Crippen LogP contribution in [0, 0.1) is 18.6 Å². The van der Waals surface area contributed by atoms with Gasteiger partial charge in [0.05, 0.1) is 37.1 Å². The summed E-state index contributed by atoms with van der Waals surface area (Å²) in [4.78, 5) is 26.5. The third-order valence-corrected chi connectivity index (χ3v) is 7.43. The van der Waals surface area contributed by atoms with Gasteiger partial charge in [-0.15, -0.1) is 0 Å². The van der Waals surface area contributed by atoms with Crippen molar-refractivity contribution in [3.05, 3.63) is 64.7 Å². The number of hydrogen-bond acceptors (Lipinski definition) is 5. The Hall–Kier alpha value is -3.03. The molecule has 0 aliphatic carbocycles. The monoisotopic (exact) mass is 529 g/mol. The fourth-order valence-electron chi connectivity index (χ4n) is 4.34. The van der Waals surface area contributed by atoms with Crippen molar-refractivity contribution in [2.24, 2.45) is 0 Å². The first-order valence-electron chi connectivity index (χ1n) is 10.9. The highest BCUT2D eigenvalue weighted by Crippen LogP contribution is 2.36. The molecule has 13 heteroatoms. The number of sulfonamides is 1. The molecule has 2 aromatic rings. The van der Waals surface area contributed by atoms with Crippen LogP contribution >= 0.6 is 0 Å². The molecule has 4 rings (SSSR count). The Morgan fingerprint density at radius 1 is 1.03 bits per heavy atom. The summed E-state index contributed by atoms with van der Waals surface area (Å²) >= 11 is 0. The van der Waals surface area contributed by atoms with Gasteiger partial charge < -0.3 is 15.0 Å². The standard InChI is InChI=1S/C23H23F4N3O5S/c1-13-7-15(4-6-19(13)24)28-21(31)14-3-5-20(25)18(8-14)23(26,27)22(32)30-16-9-29(36(2,33)34)10-17(30)12-35-11-16/h3-8,16-17H,9-12H2,1-2H3,(H,28,31). The van der Waals surface area contributed by atoms with Crippen LogP contribution in [0.5, 0.6) is 0 Å². The van der Waals surface area contributed by atoms with E-state index in [1.54, 1.807) is 0 Å². The molecular weight excluding hydrogens is 506 g/mol. The Labute approximate surface area is 204 Å². The van der Waals surface area contributed by atoms with E-state index in [-0.39, 0.29) is 43.1 Å². The van der Waals surface area contributed by atoms with Crippen molar-refractivity contribution < 1.29 is 40.3 Å². The fraction of sp³-hybridized carbons (Fsp3) is 0.391. The lowest BCUT2D eigenvalue weighted by molar-refractivity contribution is -0.178. The topological polar surface area (TPSA) is 96.0 Å². The fourth-order valence-corrected chi connectivity index (χ4v) is 5.22. The molecule has 1 N–H and O–H groups in total. The number of ether oxygens (including phenoxy) is 1. The molecule has 2 saturated heterocycles. The molecule has 2 aliphatic heterocycles. The maximum Gasteiger partial charge on any atom is 0.352 e. The van der Waals surface area contributed by atoms with Crippen molar-refractivity contribution in [2.75, 3.05) is 37.9 Å². The van der Waals surface area contributed by atoms with E-state index in [4.69, 9.17) is 4.74 Å². The second-order valence-corrected chi connectivity index (χ2v) is 10.8. The van der Waals surface area contributed by atoms with Crippen molar-refractivity contribution >= 4 is 27.5 Å². The van der Waals surface area contributed by atoms with Crippen LogP contribution in [0.4, 0.5) is 23.2 Å². The zero-order valence-corrected chi connectivity index (χ0v) is 20.1. The van der Waals surface area contributed by atoms with Crippen LogP contribution in [0.2, 0.25) is 0 Å². The number of hydrogen-bond donors (Lipinski definition) is 1. The highest BCUT2D eigenvalue weighted by atomic mass is 32.2. The van der Waals surface area contributed by atoms with Gasteiger partial charge in [-0.3, -0.25) is 9.59 Å². The molecule has 0 aromatic heterocycles. The summed E-state index contributed by atoms with van der Waals surface area (Å²) in [6.45, 7) is 0.681. The van der Waals surface area contributed by atoms with E-state index in [2.05, 4.69) is 5.32 Å². The van der Waals surface area contributed by atoms with E-state index in [1.165, 1.54) is 19.1 Å². The Morgan fingerprint density at radius 3 is 2.22 bits per heavy atom. The summed E-state index contributed by atoms with van der Waals surface area (Å²) in [5.41, 5.74) is -1.19. The van der Waals surface area contributed by atoms with Crippen LogP contribution in [0.3, 0.4) is 0 Å². The molecule has 2 aromatic carbocycles. The average Bonchev–Trinajstić information content (AvgIpc) is 2.79. The van der Waals surface area contributed by atoms with Crippen LogP contribution in [0.15, 0.2) is 36.4 Å². The third-order valence-electron chi connectivity index (χ3n) is 6.19. The Kier molecular flexibility index (Phi) is 6.84. The number of amides is 2. The predicted octanol–water partition coefficient (Wildman–Crippen LogP) is 2.49. The van der Waals surface area contributed by atoms with Crippen molar-refractivity contribution in [3.63, 3.8) is 0 Å². The molecule has 0 radical (unpaired) electrons. The second-order valence-electron chi connectivity index (χ2n) is 8.82. The third kappa shape index (κ3) is 4.95. The van der Waals surface area contributed by atoms with Gasteiger partial charge in [-0.1, -0.05) is 0 Å². The normalized spacial score (nSPS) is 20.8. The molecule has 0 spiro atoms. The van der Waals surface area contributed by atoms with Crippen molar-refractivity contribution in [2.45, 2.75) is 24.9 Å². The minimum atomic E-state index is -4.35. The lowest BCUT2D eigenvalue weighted by Crippen LogP contribution is -2.68. The number of carbonyl (C=O) groups is 2. The number of rotatable bonds is 5. The average molecular weight is 530 g/mol. The summed E-state index contributed by atoms with van der Waals surface area (Å²) in [6.07, 6.45) is 0.981. The quantitative estimate of drug-likeness (QED) is 0.601. The first kappa shape index (κ1) is 26.0. The van der Waals surface area contributed by atoms with E-state index in [0.717, 1.165) is 27.6 Å². The van der Waals surface area contributed by atoms with Gasteiger partial charge in [-0.05, 0) is 48.9 Å². The van der Waals surface area contributed by atoms with Crippen molar-refractivity contribution in [1.82, 2.24) is 9.21 Å². The molecule has 36 heavy (non-hydrogen) atoms. The number of piperazine rings is 1. The maximum atomic E-state index is 15.4. The smallest absolute Gasteiger partial charge is 0.352 e. The van der Waals surface area contributed by atoms with E-state index in [0.29, 0.717) is 12.1 Å². The van der Waals surface area contributed by atoms with E-state index < -0.39 is 57.0 Å². The SMILES string of the molecule is Cc1cc(NC(=O)c2ccc(F)c(C(F)(F)C(=O)N3C4COCC3CN(S(C)(=O)=O)C4)c2)ccc1F. The first-order valence-corrected chi connectivity index (χ1v) is 12.7. The van der Waals surface area contributed by atoms with Crippen molar-refractivity contribution in [1.29, 1.82) is 0 Å². The zero-order valence-electron chi connectivity index (χ0n) is 19.3. The number of halogens is 4. The van der Waals surface area contributed by atoms with Crippen LogP contribution in [-0.2, 0) is 25.5 Å². The van der Waals surface area contributed by atoms with Crippen molar-refractivity contribution in [3.8, 4) is 0 Å². The molecule has 8 nitrogen and oxygen atoms in total. The highest BCUT2D eigenvalue weighted by molar-refractivity contribution is 7.88. The molecule has 2 amide bonds. The summed E-state index contributed by atoms with van der Waals surface area (Å²) in [5, 5.41) is 2.42. The number of carbonyl (C=O) groups excluding carboxylic acids is 2. The summed E-state index contributed by atoms with van der Waals surface area (Å²) in [7, 11) is -3.63. The molecule has 2 bridgehead atoms. The van der Waals surface area contributed by atoms with Gasteiger partial charge in [0.25, 0.3) is 11.8 Å². The number of anilines is 1. The van der Waals surface area contributed by atoms with Gasteiger partial charge in [-0.25, -0.2) is 17.2 Å². The van der Waals surface area contributed by atoms with Gasteiger partial charge in [-0.2, -0.15) is 13.1 Å². The molecule has 0 saturated carbocycles. The zero-order chi connectivity index (χ0) is 26.4. The lowest BCUT2D eigenvalue weighted by atomic mass is 9.99. The molecule has 194 valence electrons. The number of fused-ring (bicyclic) bond motifs is 2. The summed E-state index contributed by atoms with van der Waals surface area (Å²) < 4.78 is 89.2. The molecular formula is C23H23F4N3O5S. The minimum Gasteiger partial charge on any atom is -0.377 e. The number of alkyl halides is 2. The van der Waals surface area contributed by atoms with E-state index in [1.807, 2.05) is 0 Å². The number of nitrogens with one attached hydrogen (secondary N) is 1. The van der Waals surface area contributed by atoms with Crippen LogP contribution < -0.4 is 5.32 Å². The number of nitrogens with zero attached hydrogens (tertiary/aromatic N) is 2. The lowest BCUT2D eigenvalue weighted by Gasteiger charge is -2.49. The van der Waals surface area contributed by atoms with Gasteiger partial charge in [0, 0.05) is 24.3 Å². The van der Waals surface area contributed by atoms with Gasteiger partial charge in [0.1, 0.15) is 11.6 Å². The predicted molar refractivity (Wildman–Crippen MR) is 121 cm³/mol. The molecule has 2 atom stereocenters. The van der Waals surface area contributed by atoms with Crippen LogP contribution in [-0.4, -0.2) is 74.1 Å². The molecule has 2 fully saturated rings. The van der Waals surface area contributed by atoms with Crippen LogP contribution in [0.1, 0.15) is 21.5 Å². The Balaban J connectivity index is 1.60. The van der Waals surface area contributed by atoms with E-state index in [9.17, 15) is 26.8 Å². The van der Waals surface area contributed by atoms with Gasteiger partial charge >= 0.3 is 5.92 Å².